The number of methoxy groups -OCH3 is 1. The van der Waals surface area contributed by atoms with Gasteiger partial charge in [-0.1, -0.05) is 0 Å². The minimum Gasteiger partial charge on any atom is -0.481 e. The topological polar surface area (TPSA) is 37.9 Å². The average molecular weight is 227 g/mol. The van der Waals surface area contributed by atoms with Crippen LogP contribution >= 0.6 is 15.9 Å². The highest BCUT2D eigenvalue weighted by Crippen LogP contribution is 2.27. The Balaban J connectivity index is 2.82. The number of fused-ring (bicyclic) bond motifs is 1. The van der Waals surface area contributed by atoms with E-state index in [0.29, 0.717) is 5.88 Å². The van der Waals surface area contributed by atoms with Gasteiger partial charge in [0, 0.05) is 12.4 Å². The molecule has 0 saturated carbocycles. The quantitative estimate of drug-likeness (QED) is 0.811. The fourth-order valence-corrected chi connectivity index (χ4v) is 1.59. The van der Waals surface area contributed by atoms with Crippen molar-refractivity contribution in [1.29, 1.82) is 0 Å². The van der Waals surface area contributed by atoms with Crippen LogP contribution in [-0.4, -0.2) is 17.1 Å². The van der Waals surface area contributed by atoms with Crippen molar-refractivity contribution >= 4 is 26.8 Å². The van der Waals surface area contributed by atoms with Crippen LogP contribution < -0.4 is 4.74 Å². The third kappa shape index (κ3) is 0.992. The Morgan fingerprint density at radius 1 is 1.58 bits per heavy atom. The van der Waals surface area contributed by atoms with Crippen LogP contribution in [0.2, 0.25) is 0 Å². The molecule has 2 rings (SSSR count). The van der Waals surface area contributed by atoms with Crippen LogP contribution in [0.3, 0.4) is 0 Å². The lowest BCUT2D eigenvalue weighted by Crippen LogP contribution is -1.87. The summed E-state index contributed by atoms with van der Waals surface area (Å²) in [5.41, 5.74) is 1.02. The van der Waals surface area contributed by atoms with E-state index in [0.717, 1.165) is 15.4 Å². The third-order valence-electron chi connectivity index (χ3n) is 1.70. The molecular formula is C8H7BrN2O. The van der Waals surface area contributed by atoms with Gasteiger partial charge in [-0.15, -0.1) is 0 Å². The largest absolute Gasteiger partial charge is 0.481 e. The van der Waals surface area contributed by atoms with Crippen molar-refractivity contribution < 1.29 is 4.74 Å². The van der Waals surface area contributed by atoms with Crippen molar-refractivity contribution in [1.82, 2.24) is 9.97 Å². The van der Waals surface area contributed by atoms with E-state index >= 15 is 0 Å². The minimum absolute atomic E-state index is 0.648. The highest BCUT2D eigenvalue weighted by atomic mass is 79.9. The van der Waals surface area contributed by atoms with Crippen molar-refractivity contribution in [3.05, 3.63) is 22.9 Å². The number of hydrogen-bond acceptors (Lipinski definition) is 2. The fourth-order valence-electron chi connectivity index (χ4n) is 1.16. The Morgan fingerprint density at radius 3 is 3.17 bits per heavy atom. The molecule has 12 heavy (non-hydrogen) atoms. The smallest absolute Gasteiger partial charge is 0.222 e. The van der Waals surface area contributed by atoms with Crippen molar-refractivity contribution in [2.24, 2.45) is 0 Å². The van der Waals surface area contributed by atoms with Crippen LogP contribution in [0.15, 0.2) is 22.9 Å². The zero-order chi connectivity index (χ0) is 8.55. The molecule has 0 aromatic carbocycles. The van der Waals surface area contributed by atoms with Crippen molar-refractivity contribution in [3.8, 4) is 5.88 Å². The van der Waals surface area contributed by atoms with Crippen LogP contribution in [0.4, 0.5) is 0 Å². The lowest BCUT2D eigenvalue weighted by atomic mass is 10.3. The summed E-state index contributed by atoms with van der Waals surface area (Å²) in [7, 11) is 1.61. The molecule has 2 aromatic rings. The first-order valence-corrected chi connectivity index (χ1v) is 4.28. The molecule has 62 valence electrons. The number of pyridine rings is 1. The van der Waals surface area contributed by atoms with E-state index in [-0.39, 0.29) is 0 Å². The van der Waals surface area contributed by atoms with E-state index in [9.17, 15) is 0 Å². The number of nitrogens with one attached hydrogen (secondary N) is 1. The Hall–Kier alpha value is -1.03. The van der Waals surface area contributed by atoms with Crippen LogP contribution in [0.1, 0.15) is 0 Å². The second-order valence-electron chi connectivity index (χ2n) is 2.38. The molecule has 0 aliphatic rings. The standard InChI is InChI=1S/C8H7BrN2O/c1-12-8-5-2-3-10-7(5)6(9)4-11-8/h2-4,10H,1H3. The lowest BCUT2D eigenvalue weighted by molar-refractivity contribution is 0.403. The number of rotatable bonds is 1. The fraction of sp³-hybridized carbons (Fsp3) is 0.125. The predicted molar refractivity (Wildman–Crippen MR) is 50.3 cm³/mol. The normalized spacial score (nSPS) is 10.5. The van der Waals surface area contributed by atoms with Gasteiger partial charge < -0.3 is 9.72 Å². The summed E-state index contributed by atoms with van der Waals surface area (Å²) in [6.07, 6.45) is 3.58. The van der Waals surface area contributed by atoms with E-state index in [2.05, 4.69) is 25.9 Å². The molecule has 3 nitrogen and oxygen atoms in total. The summed E-state index contributed by atoms with van der Waals surface area (Å²) in [5.74, 6) is 0.648. The number of nitrogens with zero attached hydrogens (tertiary/aromatic N) is 1. The van der Waals surface area contributed by atoms with E-state index in [1.807, 2.05) is 12.3 Å². The second kappa shape index (κ2) is 2.79. The molecular weight excluding hydrogens is 220 g/mol. The Kier molecular flexibility index (Phi) is 1.77. The van der Waals surface area contributed by atoms with Gasteiger partial charge in [0.2, 0.25) is 5.88 Å². The van der Waals surface area contributed by atoms with Crippen LogP contribution in [0, 0.1) is 0 Å². The zero-order valence-corrected chi connectivity index (χ0v) is 8.05. The summed E-state index contributed by atoms with van der Waals surface area (Å²) < 4.78 is 6.04. The molecule has 0 saturated heterocycles. The van der Waals surface area contributed by atoms with Gasteiger partial charge in [-0.3, -0.25) is 0 Å². The van der Waals surface area contributed by atoms with Crippen molar-refractivity contribution in [3.63, 3.8) is 0 Å². The Bertz CT molecular complexity index is 410. The number of aromatic amines is 1. The first-order valence-electron chi connectivity index (χ1n) is 3.48. The van der Waals surface area contributed by atoms with Gasteiger partial charge in [-0.25, -0.2) is 4.98 Å². The number of aromatic nitrogens is 2. The summed E-state index contributed by atoms with van der Waals surface area (Å²) >= 11 is 3.39. The maximum Gasteiger partial charge on any atom is 0.222 e. The second-order valence-corrected chi connectivity index (χ2v) is 3.24. The maximum atomic E-state index is 5.09. The van der Waals surface area contributed by atoms with Crippen LogP contribution in [0.5, 0.6) is 5.88 Å². The molecule has 0 spiro atoms. The Labute approximate surface area is 77.9 Å². The Morgan fingerprint density at radius 2 is 2.42 bits per heavy atom. The maximum absolute atomic E-state index is 5.09. The van der Waals surface area contributed by atoms with Gasteiger partial charge >= 0.3 is 0 Å². The molecule has 0 fully saturated rings. The third-order valence-corrected chi connectivity index (χ3v) is 2.31. The molecule has 0 radical (unpaired) electrons. The van der Waals surface area contributed by atoms with Crippen molar-refractivity contribution in [2.45, 2.75) is 0 Å². The van der Waals surface area contributed by atoms with E-state index in [4.69, 9.17) is 4.74 Å². The van der Waals surface area contributed by atoms with Crippen LogP contribution in [0.25, 0.3) is 10.9 Å². The highest BCUT2D eigenvalue weighted by molar-refractivity contribution is 9.10. The molecule has 2 aromatic heterocycles. The minimum atomic E-state index is 0.648. The molecule has 2 heterocycles. The van der Waals surface area contributed by atoms with Gasteiger partial charge in [0.25, 0.3) is 0 Å². The summed E-state index contributed by atoms with van der Waals surface area (Å²) in [6, 6.07) is 1.94. The zero-order valence-electron chi connectivity index (χ0n) is 6.47. The van der Waals surface area contributed by atoms with E-state index in [1.54, 1.807) is 13.3 Å². The molecule has 4 heteroatoms. The molecule has 0 amide bonds. The van der Waals surface area contributed by atoms with Gasteiger partial charge in [0.1, 0.15) is 0 Å². The number of H-pyrrole nitrogens is 1. The average Bonchev–Trinajstić information content (AvgIpc) is 2.54. The lowest BCUT2D eigenvalue weighted by Gasteiger charge is -2.00. The summed E-state index contributed by atoms with van der Waals surface area (Å²) in [5, 5.41) is 0.992. The molecule has 1 N–H and O–H groups in total. The molecule has 0 unspecified atom stereocenters. The molecule has 0 atom stereocenters. The number of halogens is 1. The van der Waals surface area contributed by atoms with Gasteiger partial charge in [-0.2, -0.15) is 0 Å². The molecule has 0 aliphatic carbocycles. The number of ether oxygens (including phenoxy) is 1. The summed E-state index contributed by atoms with van der Waals surface area (Å²) in [6.45, 7) is 0. The first-order chi connectivity index (χ1) is 5.83. The first kappa shape index (κ1) is 7.61. The van der Waals surface area contributed by atoms with Gasteiger partial charge in [0.05, 0.1) is 22.5 Å². The summed E-state index contributed by atoms with van der Waals surface area (Å²) in [4.78, 5) is 7.20. The van der Waals surface area contributed by atoms with Crippen LogP contribution in [-0.2, 0) is 0 Å². The van der Waals surface area contributed by atoms with Gasteiger partial charge in [0.15, 0.2) is 0 Å². The van der Waals surface area contributed by atoms with E-state index in [1.165, 1.54) is 0 Å². The van der Waals surface area contributed by atoms with Crippen molar-refractivity contribution in [2.75, 3.05) is 7.11 Å². The highest BCUT2D eigenvalue weighted by Gasteiger charge is 2.05. The monoisotopic (exact) mass is 226 g/mol. The molecule has 0 bridgehead atoms. The SMILES string of the molecule is COc1ncc(Br)c2[nH]ccc12. The molecule has 0 aliphatic heterocycles. The number of hydrogen-bond donors (Lipinski definition) is 1. The van der Waals surface area contributed by atoms with Gasteiger partial charge in [-0.05, 0) is 22.0 Å². The predicted octanol–water partition coefficient (Wildman–Crippen LogP) is 2.33. The van der Waals surface area contributed by atoms with E-state index < -0.39 is 0 Å².